The van der Waals surface area contributed by atoms with E-state index >= 15 is 0 Å². The summed E-state index contributed by atoms with van der Waals surface area (Å²) in [6, 6.07) is 9.76. The Kier molecular flexibility index (Phi) is 12.7. The van der Waals surface area contributed by atoms with Crippen LogP contribution < -0.4 is 31.7 Å². The minimum atomic E-state index is 0. The van der Waals surface area contributed by atoms with Crippen LogP contribution in [0.15, 0.2) is 30.3 Å². The normalized spacial score (nSPS) is 10.7. The predicted molar refractivity (Wildman–Crippen MR) is 103 cm³/mol. The highest BCUT2D eigenvalue weighted by molar-refractivity contribution is 5.85. The zero-order valence-electron chi connectivity index (χ0n) is 15.7. The lowest BCUT2D eigenvalue weighted by Gasteiger charge is -2.28. The van der Waals surface area contributed by atoms with Gasteiger partial charge in [-0.2, -0.15) is 0 Å². The molecule has 0 atom stereocenters. The summed E-state index contributed by atoms with van der Waals surface area (Å²) in [6.45, 7) is 8.15. The molecule has 2 heterocycles. The molecule has 0 spiro atoms. The van der Waals surface area contributed by atoms with Crippen molar-refractivity contribution in [3.63, 3.8) is 0 Å². The molecule has 0 fully saturated rings. The average molecular weight is 423 g/mol. The van der Waals surface area contributed by atoms with Gasteiger partial charge in [-0.3, -0.25) is 0 Å². The van der Waals surface area contributed by atoms with E-state index in [2.05, 4.69) is 24.0 Å². The van der Waals surface area contributed by atoms with Crippen molar-refractivity contribution in [1.82, 2.24) is 10.2 Å². The fourth-order valence-electron chi connectivity index (χ4n) is 2.69. The third kappa shape index (κ3) is 6.08. The lowest BCUT2D eigenvalue weighted by Crippen LogP contribution is -3.12. The molecule has 0 aliphatic carbocycles. The summed E-state index contributed by atoms with van der Waals surface area (Å²) < 4.78 is 11.6. The van der Waals surface area contributed by atoms with E-state index in [-0.39, 0.29) is 35.8 Å². The van der Waals surface area contributed by atoms with Crippen LogP contribution in [0.25, 0.3) is 0 Å². The van der Waals surface area contributed by atoms with Crippen molar-refractivity contribution in [2.24, 2.45) is 0 Å². The van der Waals surface area contributed by atoms with Crippen LogP contribution in [0.3, 0.4) is 0 Å². The van der Waals surface area contributed by atoms with Gasteiger partial charge in [0, 0.05) is 13.1 Å². The number of likely N-dealkylation sites (N-methyl/N-ethyl adjacent to an activating group) is 1. The molecule has 0 radical (unpaired) electrons. The Bertz CT molecular complexity index is 690. The number of para-hydroxylation sites is 2. The third-order valence-electron chi connectivity index (χ3n) is 4.22. The lowest BCUT2D eigenvalue weighted by molar-refractivity contribution is -0.896. The summed E-state index contributed by atoms with van der Waals surface area (Å²) >= 11 is 0. The van der Waals surface area contributed by atoms with E-state index in [1.807, 2.05) is 42.3 Å². The fraction of sp³-hybridized carbons (Fsp3) is 0.412. The van der Waals surface area contributed by atoms with Gasteiger partial charge in [0.1, 0.15) is 18.8 Å². The van der Waals surface area contributed by atoms with E-state index < -0.39 is 0 Å². The van der Waals surface area contributed by atoms with Gasteiger partial charge in [0.25, 0.3) is 5.88 Å². The van der Waals surface area contributed by atoms with Crippen molar-refractivity contribution in [2.75, 3.05) is 38.2 Å². The lowest BCUT2D eigenvalue weighted by atomic mass is 10.2. The molecule has 0 bridgehead atoms. The molecule has 2 aromatic rings. The maximum Gasteiger partial charge on any atom is 0.263 e. The highest BCUT2D eigenvalue weighted by Gasteiger charge is 2.23. The van der Waals surface area contributed by atoms with Gasteiger partial charge in [-0.25, -0.2) is 0 Å². The zero-order chi connectivity index (χ0) is 16.2. The molecular weight excluding hydrogens is 395 g/mol. The number of anilines is 2. The van der Waals surface area contributed by atoms with Gasteiger partial charge in [-0.15, -0.1) is 22.6 Å². The molecule has 1 aromatic heterocycles. The van der Waals surface area contributed by atoms with E-state index in [1.54, 1.807) is 0 Å². The Morgan fingerprint density at radius 3 is 2.41 bits per heavy atom. The molecule has 1 aliphatic heterocycles. The average Bonchev–Trinajstić information content (AvgIpc) is 2.59. The largest absolute Gasteiger partial charge is 1.00 e. The molecule has 10 heteroatoms. The van der Waals surface area contributed by atoms with Crippen LogP contribution in [0.2, 0.25) is 0 Å². The van der Waals surface area contributed by atoms with Crippen molar-refractivity contribution >= 4 is 23.8 Å². The van der Waals surface area contributed by atoms with Crippen molar-refractivity contribution in [3.8, 4) is 17.5 Å². The molecule has 1 aromatic carbocycles. The van der Waals surface area contributed by atoms with Crippen LogP contribution in [0.4, 0.5) is 11.4 Å². The second-order valence-corrected chi connectivity index (χ2v) is 5.56. The summed E-state index contributed by atoms with van der Waals surface area (Å²) in [5.41, 5.74) is 1.87. The Balaban J connectivity index is 0. The quantitative estimate of drug-likeness (QED) is 0.549. The maximum absolute atomic E-state index is 5.81. The molecule has 5 N–H and O–H groups in total. The first-order valence-corrected chi connectivity index (χ1v) is 8.07. The summed E-state index contributed by atoms with van der Waals surface area (Å²) in [5.74, 6) is 1.83. The second-order valence-electron chi connectivity index (χ2n) is 5.56. The third-order valence-corrected chi connectivity index (χ3v) is 4.22. The van der Waals surface area contributed by atoms with E-state index in [0.29, 0.717) is 18.4 Å². The predicted octanol–water partition coefficient (Wildman–Crippen LogP) is -2.57. The van der Waals surface area contributed by atoms with Gasteiger partial charge >= 0.3 is 0 Å². The first kappa shape index (κ1) is 27.4. The van der Waals surface area contributed by atoms with Crippen LogP contribution >= 0.6 is 12.4 Å². The number of benzene rings is 1. The second kappa shape index (κ2) is 12.5. The van der Waals surface area contributed by atoms with Crippen LogP contribution in [0.5, 0.6) is 17.5 Å². The fourth-order valence-corrected chi connectivity index (χ4v) is 2.69. The number of ether oxygens (including phenoxy) is 2. The molecule has 1 aliphatic rings. The minimum absolute atomic E-state index is 0. The molecule has 3 rings (SSSR count). The Morgan fingerprint density at radius 2 is 1.74 bits per heavy atom. The molecule has 0 unspecified atom stereocenters. The van der Waals surface area contributed by atoms with Crippen LogP contribution in [-0.4, -0.2) is 54.4 Å². The van der Waals surface area contributed by atoms with Crippen molar-refractivity contribution in [2.45, 2.75) is 13.8 Å². The van der Waals surface area contributed by atoms with Crippen molar-refractivity contribution < 1.29 is 37.7 Å². The smallest absolute Gasteiger partial charge is 0.263 e. The topological polar surface area (TPSA) is 115 Å². The highest BCUT2D eigenvalue weighted by atomic mass is 35.5. The Morgan fingerprint density at radius 1 is 1.07 bits per heavy atom. The van der Waals surface area contributed by atoms with Gasteiger partial charge in [0.05, 0.1) is 18.8 Å². The van der Waals surface area contributed by atoms with Crippen LogP contribution in [0, 0.1) is 0 Å². The number of hydrogen-bond donors (Lipinski definition) is 1. The van der Waals surface area contributed by atoms with E-state index in [4.69, 9.17) is 9.47 Å². The monoisotopic (exact) mass is 422 g/mol. The summed E-state index contributed by atoms with van der Waals surface area (Å²) in [5, 5.41) is 8.28. The van der Waals surface area contributed by atoms with Gasteiger partial charge in [0.15, 0.2) is 5.75 Å². The number of aromatic nitrogens is 2. The van der Waals surface area contributed by atoms with E-state index in [0.717, 1.165) is 36.8 Å². The molecule has 8 nitrogen and oxygen atoms in total. The zero-order valence-corrected chi connectivity index (χ0v) is 17.2. The number of fused-ring (bicyclic) bond motifs is 2. The molecule has 0 saturated heterocycles. The van der Waals surface area contributed by atoms with Crippen LogP contribution in [0.1, 0.15) is 13.8 Å². The van der Waals surface area contributed by atoms with Crippen molar-refractivity contribution in [1.29, 1.82) is 0 Å². The summed E-state index contributed by atoms with van der Waals surface area (Å²) in [4.78, 5) is 3.55. The standard InChI is InChI=1S/C17H22N4O2.2ClH.2H2O/c1-4-21(5-2)10-11-22-16-12-14-17(19-18-16)23-15-9-7-6-8-13(15)20(14)3;;;;/h6-9,12H,4-5,10-11H2,1-3H3;2*1H;2*1H2. The SMILES string of the molecule is CC[NH+](CC)CCOc1cc2c(nn1)Oc1ccccc1N2C.Cl.O.O.[Cl-]. The number of halogens is 2. The minimum Gasteiger partial charge on any atom is -1.00 e. The van der Waals surface area contributed by atoms with Gasteiger partial charge in [-0.1, -0.05) is 12.1 Å². The van der Waals surface area contributed by atoms with Gasteiger partial charge < -0.3 is 42.6 Å². The van der Waals surface area contributed by atoms with E-state index in [9.17, 15) is 0 Å². The number of quaternary nitrogens is 1. The van der Waals surface area contributed by atoms with Gasteiger partial charge in [-0.05, 0) is 26.0 Å². The molecule has 27 heavy (non-hydrogen) atoms. The molecular formula is C17H28Cl2N4O4. The summed E-state index contributed by atoms with van der Waals surface area (Å²) in [6.07, 6.45) is 0. The van der Waals surface area contributed by atoms with E-state index in [1.165, 1.54) is 4.90 Å². The summed E-state index contributed by atoms with van der Waals surface area (Å²) in [7, 11) is 1.99. The first-order valence-electron chi connectivity index (χ1n) is 8.07. The number of nitrogens with one attached hydrogen (secondary N) is 1. The number of hydrogen-bond acceptors (Lipinski definition) is 5. The van der Waals surface area contributed by atoms with Crippen LogP contribution in [-0.2, 0) is 0 Å². The Labute approximate surface area is 171 Å². The molecule has 0 saturated carbocycles. The first-order chi connectivity index (χ1) is 11.2. The molecule has 154 valence electrons. The molecule has 0 amide bonds. The number of rotatable bonds is 6. The maximum atomic E-state index is 5.81. The highest BCUT2D eigenvalue weighted by Crippen LogP contribution is 2.44. The van der Waals surface area contributed by atoms with Crippen molar-refractivity contribution in [3.05, 3.63) is 30.3 Å². The Hall–Kier alpha value is -1.84. The number of nitrogens with zero attached hydrogens (tertiary/aromatic N) is 3. The van der Waals surface area contributed by atoms with Gasteiger partial charge in [0.2, 0.25) is 5.88 Å².